The Balaban J connectivity index is 0.998. The molecular weight excluding hydrogens is 687 g/mol. The molecule has 0 spiro atoms. The van der Waals surface area contributed by atoms with Gasteiger partial charge in [0, 0.05) is 17.1 Å². The van der Waals surface area contributed by atoms with Crippen molar-refractivity contribution in [2.24, 2.45) is 0 Å². The van der Waals surface area contributed by atoms with Crippen LogP contribution in [-0.2, 0) is 0 Å². The topological polar surface area (TPSA) is 3.24 Å². The fraction of sp³-hybridized carbons (Fsp3) is 0. The predicted molar refractivity (Wildman–Crippen MR) is 243 cm³/mol. The largest absolute Gasteiger partial charge is 0.311 e. The molecule has 10 aromatic rings. The fourth-order valence-corrected chi connectivity index (χ4v) is 8.15. The molecule has 10 rings (SSSR count). The van der Waals surface area contributed by atoms with Gasteiger partial charge in [0.15, 0.2) is 0 Å². The summed E-state index contributed by atoms with van der Waals surface area (Å²) >= 11 is 0. The van der Waals surface area contributed by atoms with Crippen molar-refractivity contribution >= 4 is 38.6 Å². The lowest BCUT2D eigenvalue weighted by Gasteiger charge is -2.26. The second kappa shape index (κ2) is 15.0. The van der Waals surface area contributed by atoms with Crippen LogP contribution in [0.3, 0.4) is 0 Å². The zero-order valence-corrected chi connectivity index (χ0v) is 31.5. The van der Waals surface area contributed by atoms with E-state index in [1.807, 2.05) is 0 Å². The second-order valence-electron chi connectivity index (χ2n) is 14.6. The molecule has 0 atom stereocenters. The van der Waals surface area contributed by atoms with E-state index in [0.29, 0.717) is 0 Å². The molecule has 10 aromatic carbocycles. The molecule has 268 valence electrons. The van der Waals surface area contributed by atoms with E-state index in [9.17, 15) is 0 Å². The number of hydrogen-bond acceptors (Lipinski definition) is 1. The Morgan fingerprint density at radius 3 is 1.07 bits per heavy atom. The van der Waals surface area contributed by atoms with E-state index in [2.05, 4.69) is 241 Å². The van der Waals surface area contributed by atoms with Gasteiger partial charge in [-0.15, -0.1) is 0 Å². The van der Waals surface area contributed by atoms with Crippen molar-refractivity contribution in [3.05, 3.63) is 237 Å². The molecule has 0 radical (unpaired) electrons. The standard InChI is InChI=1S/C56H39N/c1-2-11-40(12-3-1)41-23-25-42(26-24-41)43-27-33-50(34-28-43)57(52-37-31-47(32-38-52)55-21-9-15-45-13-4-6-19-53(45)55)51-35-29-44(30-36-51)48-17-8-18-49(39-48)56-22-10-16-46-14-5-7-20-54(46)56/h1-39H. The van der Waals surface area contributed by atoms with Gasteiger partial charge >= 0.3 is 0 Å². The van der Waals surface area contributed by atoms with Gasteiger partial charge in [-0.2, -0.15) is 0 Å². The van der Waals surface area contributed by atoms with Crippen LogP contribution in [0.2, 0.25) is 0 Å². The van der Waals surface area contributed by atoms with Crippen molar-refractivity contribution in [1.29, 1.82) is 0 Å². The van der Waals surface area contributed by atoms with Crippen molar-refractivity contribution in [2.45, 2.75) is 0 Å². The van der Waals surface area contributed by atoms with Crippen molar-refractivity contribution in [2.75, 3.05) is 4.90 Å². The Morgan fingerprint density at radius 1 is 0.211 bits per heavy atom. The minimum Gasteiger partial charge on any atom is -0.311 e. The van der Waals surface area contributed by atoms with Crippen LogP contribution in [-0.4, -0.2) is 0 Å². The lowest BCUT2D eigenvalue weighted by Crippen LogP contribution is -2.09. The lowest BCUT2D eigenvalue weighted by atomic mass is 9.95. The molecule has 0 saturated heterocycles. The molecule has 0 N–H and O–H groups in total. The summed E-state index contributed by atoms with van der Waals surface area (Å²) in [6, 6.07) is 85.5. The van der Waals surface area contributed by atoms with Gasteiger partial charge in [-0.3, -0.25) is 0 Å². The molecule has 0 unspecified atom stereocenters. The van der Waals surface area contributed by atoms with Crippen molar-refractivity contribution < 1.29 is 0 Å². The fourth-order valence-electron chi connectivity index (χ4n) is 8.15. The monoisotopic (exact) mass is 725 g/mol. The van der Waals surface area contributed by atoms with Crippen LogP contribution in [0.4, 0.5) is 17.1 Å². The first-order valence-corrected chi connectivity index (χ1v) is 19.6. The summed E-state index contributed by atoms with van der Waals surface area (Å²) in [5, 5.41) is 5.03. The highest BCUT2D eigenvalue weighted by Gasteiger charge is 2.15. The van der Waals surface area contributed by atoms with E-state index in [0.717, 1.165) is 17.1 Å². The Kier molecular flexibility index (Phi) is 8.95. The van der Waals surface area contributed by atoms with E-state index in [1.54, 1.807) is 0 Å². The molecule has 1 nitrogen and oxygen atoms in total. The van der Waals surface area contributed by atoms with Gasteiger partial charge < -0.3 is 4.90 Å². The summed E-state index contributed by atoms with van der Waals surface area (Å²) in [7, 11) is 0. The van der Waals surface area contributed by atoms with Gasteiger partial charge in [0.1, 0.15) is 0 Å². The zero-order chi connectivity index (χ0) is 38.0. The van der Waals surface area contributed by atoms with E-state index in [1.165, 1.54) is 77.2 Å². The first-order valence-electron chi connectivity index (χ1n) is 19.6. The SMILES string of the molecule is c1ccc(-c2ccc(-c3ccc(N(c4ccc(-c5cccc(-c6cccc7ccccc67)c5)cc4)c4ccc(-c5cccc6ccccc56)cc4)cc3)cc2)cc1. The second-order valence-corrected chi connectivity index (χ2v) is 14.6. The van der Waals surface area contributed by atoms with E-state index in [-0.39, 0.29) is 0 Å². The molecule has 0 aromatic heterocycles. The summed E-state index contributed by atoms with van der Waals surface area (Å²) in [6.45, 7) is 0. The van der Waals surface area contributed by atoms with Crippen LogP contribution in [0.5, 0.6) is 0 Å². The van der Waals surface area contributed by atoms with E-state index < -0.39 is 0 Å². The Morgan fingerprint density at radius 2 is 0.544 bits per heavy atom. The van der Waals surface area contributed by atoms with E-state index >= 15 is 0 Å². The highest BCUT2D eigenvalue weighted by molar-refractivity contribution is 5.98. The summed E-state index contributed by atoms with van der Waals surface area (Å²) in [5.41, 5.74) is 15.4. The molecule has 0 aliphatic heterocycles. The summed E-state index contributed by atoms with van der Waals surface area (Å²) < 4.78 is 0. The maximum atomic E-state index is 2.35. The minimum atomic E-state index is 1.10. The Bertz CT molecular complexity index is 2950. The molecule has 0 saturated carbocycles. The van der Waals surface area contributed by atoms with Gasteiger partial charge in [0.25, 0.3) is 0 Å². The molecule has 0 aliphatic rings. The number of rotatable bonds is 8. The molecule has 0 amide bonds. The highest BCUT2D eigenvalue weighted by atomic mass is 15.1. The molecule has 0 bridgehead atoms. The summed E-state index contributed by atoms with van der Waals surface area (Å²) in [5.74, 6) is 0. The van der Waals surface area contributed by atoms with Crippen LogP contribution in [0, 0.1) is 0 Å². The van der Waals surface area contributed by atoms with E-state index in [4.69, 9.17) is 0 Å². The number of nitrogens with zero attached hydrogens (tertiary/aromatic N) is 1. The maximum absolute atomic E-state index is 2.35. The minimum absolute atomic E-state index is 1.10. The van der Waals surface area contributed by atoms with Crippen LogP contribution in [0.15, 0.2) is 237 Å². The summed E-state index contributed by atoms with van der Waals surface area (Å²) in [6.07, 6.45) is 0. The number of fused-ring (bicyclic) bond motifs is 2. The van der Waals surface area contributed by atoms with Crippen LogP contribution >= 0.6 is 0 Å². The third-order valence-electron chi connectivity index (χ3n) is 11.1. The smallest absolute Gasteiger partial charge is 0.0462 e. The molecular formula is C56H39N. The quantitative estimate of drug-likeness (QED) is 0.151. The van der Waals surface area contributed by atoms with Gasteiger partial charge in [0.2, 0.25) is 0 Å². The van der Waals surface area contributed by atoms with Crippen molar-refractivity contribution in [1.82, 2.24) is 0 Å². The third-order valence-corrected chi connectivity index (χ3v) is 11.1. The first-order chi connectivity index (χ1) is 28.2. The molecule has 57 heavy (non-hydrogen) atoms. The third kappa shape index (κ3) is 6.77. The normalized spacial score (nSPS) is 11.2. The zero-order valence-electron chi connectivity index (χ0n) is 31.5. The molecule has 1 heteroatoms. The summed E-state index contributed by atoms with van der Waals surface area (Å²) in [4.78, 5) is 2.35. The maximum Gasteiger partial charge on any atom is 0.0462 e. The number of anilines is 3. The molecule has 0 heterocycles. The Labute approximate surface area is 334 Å². The lowest BCUT2D eigenvalue weighted by molar-refractivity contribution is 1.28. The van der Waals surface area contributed by atoms with Gasteiger partial charge in [-0.25, -0.2) is 0 Å². The average Bonchev–Trinajstić information content (AvgIpc) is 3.30. The van der Waals surface area contributed by atoms with Crippen LogP contribution < -0.4 is 4.90 Å². The van der Waals surface area contributed by atoms with Crippen molar-refractivity contribution in [3.8, 4) is 55.6 Å². The average molecular weight is 726 g/mol. The highest BCUT2D eigenvalue weighted by Crippen LogP contribution is 2.39. The molecule has 0 fully saturated rings. The first kappa shape index (κ1) is 34.0. The van der Waals surface area contributed by atoms with Crippen molar-refractivity contribution in [3.63, 3.8) is 0 Å². The number of benzene rings is 10. The van der Waals surface area contributed by atoms with Crippen LogP contribution in [0.25, 0.3) is 77.2 Å². The van der Waals surface area contributed by atoms with Gasteiger partial charge in [0.05, 0.1) is 0 Å². The predicted octanol–water partition coefficient (Wildman–Crippen LogP) is 15.8. The Hall–Kier alpha value is -7.48. The number of hydrogen-bond donors (Lipinski definition) is 0. The van der Waals surface area contributed by atoms with Crippen LogP contribution in [0.1, 0.15) is 0 Å². The molecule has 0 aliphatic carbocycles. The van der Waals surface area contributed by atoms with Gasteiger partial charge in [-0.1, -0.05) is 194 Å². The van der Waals surface area contributed by atoms with Gasteiger partial charge in [-0.05, 0) is 120 Å².